The van der Waals surface area contributed by atoms with Crippen molar-refractivity contribution in [1.82, 2.24) is 9.80 Å². The summed E-state index contributed by atoms with van der Waals surface area (Å²) in [5.74, 6) is -1.78. The van der Waals surface area contributed by atoms with Crippen LogP contribution in [-0.4, -0.2) is 48.4 Å². The maximum absolute atomic E-state index is 13.3. The van der Waals surface area contributed by atoms with E-state index in [4.69, 9.17) is 0 Å². The second kappa shape index (κ2) is 8.03. The van der Waals surface area contributed by atoms with Gasteiger partial charge in [-0.3, -0.25) is 9.69 Å². The Bertz CT molecular complexity index is 733. The molecule has 0 saturated carbocycles. The number of halogens is 2. The number of hydrogen-bond acceptors (Lipinski definition) is 2. The lowest BCUT2D eigenvalue weighted by atomic mass is 10.1. The summed E-state index contributed by atoms with van der Waals surface area (Å²) in [5.41, 5.74) is 1.22. The monoisotopic (exact) mass is 342 g/mol. The van der Waals surface area contributed by atoms with Gasteiger partial charge >= 0.3 is 0 Å². The molecule has 130 valence electrons. The third-order valence-electron chi connectivity index (χ3n) is 4.24. The smallest absolute Gasteiger partial charge is 0.254 e. The Morgan fingerprint density at radius 3 is 2.24 bits per heavy atom. The van der Waals surface area contributed by atoms with Crippen molar-refractivity contribution in [2.45, 2.75) is 0 Å². The fraction of sp³-hybridized carbons (Fsp3) is 0.250. The molecule has 1 amide bonds. The summed E-state index contributed by atoms with van der Waals surface area (Å²) in [5, 5.41) is 0. The molecular weight excluding hydrogens is 322 g/mol. The summed E-state index contributed by atoms with van der Waals surface area (Å²) in [6, 6.07) is 13.0. The highest BCUT2D eigenvalue weighted by Gasteiger charge is 2.22. The van der Waals surface area contributed by atoms with E-state index >= 15 is 0 Å². The molecule has 1 saturated heterocycles. The standard InChI is InChI=1S/C20H20F2N2O/c21-18-13-17(14-19(22)15-18)20(25)24-11-9-23(10-12-24)8-4-7-16-5-2-1-3-6-16/h1-7,13-15H,8-12H2/b7-4+. The van der Waals surface area contributed by atoms with E-state index in [1.807, 2.05) is 30.3 Å². The zero-order valence-electron chi connectivity index (χ0n) is 13.9. The molecule has 0 N–H and O–H groups in total. The Hall–Kier alpha value is -2.53. The summed E-state index contributed by atoms with van der Waals surface area (Å²) in [6.45, 7) is 3.39. The highest BCUT2D eigenvalue weighted by atomic mass is 19.1. The Morgan fingerprint density at radius 2 is 1.60 bits per heavy atom. The van der Waals surface area contributed by atoms with E-state index in [1.54, 1.807) is 4.90 Å². The van der Waals surface area contributed by atoms with E-state index in [1.165, 1.54) is 0 Å². The van der Waals surface area contributed by atoms with Crippen molar-refractivity contribution in [3.05, 3.63) is 77.4 Å². The largest absolute Gasteiger partial charge is 0.336 e. The normalized spacial score (nSPS) is 15.7. The molecule has 0 atom stereocenters. The minimum atomic E-state index is -0.729. The van der Waals surface area contributed by atoms with Crippen LogP contribution in [0.2, 0.25) is 0 Å². The average Bonchev–Trinajstić information content (AvgIpc) is 2.62. The Kier molecular flexibility index (Phi) is 5.56. The summed E-state index contributed by atoms with van der Waals surface area (Å²) in [7, 11) is 0. The van der Waals surface area contributed by atoms with Crippen molar-refractivity contribution in [2.24, 2.45) is 0 Å². The molecule has 3 nitrogen and oxygen atoms in total. The second-order valence-electron chi connectivity index (χ2n) is 6.06. The highest BCUT2D eigenvalue weighted by Crippen LogP contribution is 2.13. The number of amides is 1. The van der Waals surface area contributed by atoms with Crippen LogP contribution in [-0.2, 0) is 0 Å². The molecule has 2 aromatic carbocycles. The first kappa shape index (κ1) is 17.3. The van der Waals surface area contributed by atoms with Crippen LogP contribution < -0.4 is 0 Å². The van der Waals surface area contributed by atoms with Crippen LogP contribution >= 0.6 is 0 Å². The Morgan fingerprint density at radius 1 is 0.960 bits per heavy atom. The number of hydrogen-bond donors (Lipinski definition) is 0. The molecule has 1 aliphatic rings. The molecule has 3 rings (SSSR count). The topological polar surface area (TPSA) is 23.6 Å². The van der Waals surface area contributed by atoms with Gasteiger partial charge in [0.2, 0.25) is 0 Å². The number of nitrogens with zero attached hydrogens (tertiary/aromatic N) is 2. The molecule has 0 aliphatic carbocycles. The molecule has 25 heavy (non-hydrogen) atoms. The predicted molar refractivity (Wildman–Crippen MR) is 94.2 cm³/mol. The van der Waals surface area contributed by atoms with Gasteiger partial charge in [-0.05, 0) is 17.7 Å². The van der Waals surface area contributed by atoms with E-state index in [-0.39, 0.29) is 11.5 Å². The van der Waals surface area contributed by atoms with Crippen LogP contribution in [0.4, 0.5) is 8.78 Å². The van der Waals surface area contributed by atoms with E-state index in [2.05, 4.69) is 17.1 Å². The predicted octanol–water partition coefficient (Wildman–Crippen LogP) is 3.44. The molecule has 5 heteroatoms. The molecule has 2 aromatic rings. The Balaban J connectivity index is 1.51. The number of carbonyl (C=O) groups excluding carboxylic acids is 1. The van der Waals surface area contributed by atoms with Crippen LogP contribution in [0.25, 0.3) is 6.08 Å². The quantitative estimate of drug-likeness (QED) is 0.850. The maximum Gasteiger partial charge on any atom is 0.254 e. The molecule has 1 fully saturated rings. The third kappa shape index (κ3) is 4.73. The lowest BCUT2D eigenvalue weighted by molar-refractivity contribution is 0.0649. The molecule has 1 aliphatic heterocycles. The maximum atomic E-state index is 13.3. The van der Waals surface area contributed by atoms with E-state index in [9.17, 15) is 13.6 Å². The number of rotatable bonds is 4. The molecule has 0 radical (unpaired) electrons. The van der Waals surface area contributed by atoms with Crippen LogP contribution in [0.5, 0.6) is 0 Å². The van der Waals surface area contributed by atoms with Crippen molar-refractivity contribution in [1.29, 1.82) is 0 Å². The van der Waals surface area contributed by atoms with Gasteiger partial charge in [-0.25, -0.2) is 8.78 Å². The Labute approximate surface area is 146 Å². The van der Waals surface area contributed by atoms with Crippen LogP contribution in [0.3, 0.4) is 0 Å². The van der Waals surface area contributed by atoms with Crippen molar-refractivity contribution in [3.8, 4) is 0 Å². The van der Waals surface area contributed by atoms with Crippen LogP contribution in [0.1, 0.15) is 15.9 Å². The third-order valence-corrected chi connectivity index (χ3v) is 4.24. The summed E-state index contributed by atoms with van der Waals surface area (Å²) >= 11 is 0. The van der Waals surface area contributed by atoms with Gasteiger partial charge in [0, 0.05) is 44.4 Å². The minimum Gasteiger partial charge on any atom is -0.336 e. The van der Waals surface area contributed by atoms with Gasteiger partial charge in [-0.1, -0.05) is 42.5 Å². The first-order chi connectivity index (χ1) is 12.1. The van der Waals surface area contributed by atoms with Crippen molar-refractivity contribution in [3.63, 3.8) is 0 Å². The lowest BCUT2D eigenvalue weighted by Crippen LogP contribution is -2.48. The van der Waals surface area contributed by atoms with Gasteiger partial charge in [-0.15, -0.1) is 0 Å². The summed E-state index contributed by atoms with van der Waals surface area (Å²) in [4.78, 5) is 16.3. The SMILES string of the molecule is O=C(c1cc(F)cc(F)c1)N1CCN(C/C=C/c2ccccc2)CC1. The van der Waals surface area contributed by atoms with Gasteiger partial charge < -0.3 is 4.90 Å². The zero-order chi connectivity index (χ0) is 17.6. The molecule has 1 heterocycles. The molecule has 0 unspecified atom stereocenters. The first-order valence-electron chi connectivity index (χ1n) is 8.31. The average molecular weight is 342 g/mol. The first-order valence-corrected chi connectivity index (χ1v) is 8.31. The summed E-state index contributed by atoms with van der Waals surface area (Å²) < 4.78 is 26.5. The van der Waals surface area contributed by atoms with Crippen molar-refractivity contribution in [2.75, 3.05) is 32.7 Å². The van der Waals surface area contributed by atoms with Gasteiger partial charge in [0.05, 0.1) is 0 Å². The van der Waals surface area contributed by atoms with E-state index in [0.29, 0.717) is 13.1 Å². The number of benzene rings is 2. The molecule has 0 spiro atoms. The molecule has 0 bridgehead atoms. The fourth-order valence-corrected chi connectivity index (χ4v) is 2.90. The van der Waals surface area contributed by atoms with Crippen molar-refractivity contribution >= 4 is 12.0 Å². The van der Waals surface area contributed by atoms with Crippen LogP contribution in [0, 0.1) is 11.6 Å². The number of carbonyl (C=O) groups is 1. The molecule has 0 aromatic heterocycles. The lowest BCUT2D eigenvalue weighted by Gasteiger charge is -2.34. The molecular formula is C20H20F2N2O. The number of piperazine rings is 1. The van der Waals surface area contributed by atoms with Gasteiger partial charge in [-0.2, -0.15) is 0 Å². The van der Waals surface area contributed by atoms with Gasteiger partial charge in [0.25, 0.3) is 5.91 Å². The van der Waals surface area contributed by atoms with Crippen LogP contribution in [0.15, 0.2) is 54.6 Å². The minimum absolute atomic E-state index is 0.0647. The van der Waals surface area contributed by atoms with E-state index in [0.717, 1.165) is 43.4 Å². The zero-order valence-corrected chi connectivity index (χ0v) is 13.9. The second-order valence-corrected chi connectivity index (χ2v) is 6.06. The highest BCUT2D eigenvalue weighted by molar-refractivity contribution is 5.94. The van der Waals surface area contributed by atoms with Gasteiger partial charge in [0.1, 0.15) is 11.6 Å². The van der Waals surface area contributed by atoms with E-state index < -0.39 is 11.6 Å². The van der Waals surface area contributed by atoms with Crippen molar-refractivity contribution < 1.29 is 13.6 Å². The van der Waals surface area contributed by atoms with Gasteiger partial charge in [0.15, 0.2) is 0 Å². The summed E-state index contributed by atoms with van der Waals surface area (Å²) in [6.07, 6.45) is 4.18. The fourth-order valence-electron chi connectivity index (χ4n) is 2.90.